The van der Waals surface area contributed by atoms with Crippen molar-refractivity contribution in [2.24, 2.45) is 11.7 Å². The van der Waals surface area contributed by atoms with Crippen LogP contribution in [0.25, 0.3) is 0 Å². The van der Waals surface area contributed by atoms with Crippen LogP contribution in [0.1, 0.15) is 33.6 Å². The largest absolute Gasteiger partial charge is 0.449 e. The summed E-state index contributed by atoms with van der Waals surface area (Å²) in [7, 11) is 0. The van der Waals surface area contributed by atoms with Gasteiger partial charge in [-0.2, -0.15) is 0 Å². The minimum absolute atomic E-state index is 0.0274. The summed E-state index contributed by atoms with van der Waals surface area (Å²) >= 11 is 0. The maximum absolute atomic E-state index is 11.9. The summed E-state index contributed by atoms with van der Waals surface area (Å²) in [5.74, 6) is 0.890. The molecule has 1 aromatic carbocycles. The van der Waals surface area contributed by atoms with E-state index >= 15 is 0 Å². The number of hydrogen-bond acceptors (Lipinski definition) is 4. The minimum atomic E-state index is -0.655. The van der Waals surface area contributed by atoms with E-state index in [1.54, 1.807) is 12.1 Å². The molecule has 3 N–H and O–H groups in total. The number of carbonyl (C=O) groups excluding carboxylic acids is 1. The normalized spacial score (nSPS) is 16.8. The van der Waals surface area contributed by atoms with Crippen LogP contribution in [0.15, 0.2) is 18.2 Å². The highest BCUT2D eigenvalue weighted by Gasteiger charge is 2.31. The number of ether oxygens (including phenoxy) is 2. The highest BCUT2D eigenvalue weighted by molar-refractivity contribution is 5.91. The van der Waals surface area contributed by atoms with E-state index in [9.17, 15) is 4.79 Å². The van der Waals surface area contributed by atoms with Crippen LogP contribution in [-0.2, 0) is 4.79 Å². The van der Waals surface area contributed by atoms with Gasteiger partial charge in [0.15, 0.2) is 11.5 Å². The van der Waals surface area contributed by atoms with Crippen molar-refractivity contribution < 1.29 is 14.3 Å². The molecule has 0 fully saturated rings. The number of carbonyl (C=O) groups is 1. The Bertz CT molecular complexity index is 496. The quantitative estimate of drug-likeness (QED) is 0.868. The molecular formula is C15H22N2O3. The third-order valence-corrected chi connectivity index (χ3v) is 3.32. The highest BCUT2D eigenvalue weighted by atomic mass is 16.7. The average molecular weight is 278 g/mol. The molecule has 2 rings (SSSR count). The fourth-order valence-corrected chi connectivity index (χ4v) is 2.17. The molecule has 0 saturated heterocycles. The molecule has 0 radical (unpaired) electrons. The first-order valence-corrected chi connectivity index (χ1v) is 6.95. The lowest BCUT2D eigenvalue weighted by Gasteiger charge is -2.16. The fourth-order valence-electron chi connectivity index (χ4n) is 2.17. The lowest BCUT2D eigenvalue weighted by Crippen LogP contribution is -2.29. The van der Waals surface area contributed by atoms with Crippen LogP contribution in [0.5, 0.6) is 11.5 Å². The lowest BCUT2D eigenvalue weighted by atomic mass is 10.0. The zero-order valence-electron chi connectivity index (χ0n) is 12.2. The SMILES string of the molecule is CCC(CN)CC(=O)Nc1ccc2c(c1)OC(C)(C)O2. The Labute approximate surface area is 119 Å². The minimum Gasteiger partial charge on any atom is -0.449 e. The Hall–Kier alpha value is -1.75. The topological polar surface area (TPSA) is 73.6 Å². The molecule has 0 saturated carbocycles. The van der Waals surface area contributed by atoms with Gasteiger partial charge >= 0.3 is 0 Å². The predicted molar refractivity (Wildman–Crippen MR) is 77.9 cm³/mol. The van der Waals surface area contributed by atoms with Gasteiger partial charge in [-0.3, -0.25) is 4.79 Å². The molecule has 20 heavy (non-hydrogen) atoms. The molecule has 1 heterocycles. The summed E-state index contributed by atoms with van der Waals surface area (Å²) in [5, 5.41) is 2.87. The molecule has 0 aliphatic carbocycles. The van der Waals surface area contributed by atoms with Gasteiger partial charge in [0.25, 0.3) is 0 Å². The molecule has 0 spiro atoms. The summed E-state index contributed by atoms with van der Waals surface area (Å²) in [5.41, 5.74) is 6.32. The second-order valence-electron chi connectivity index (χ2n) is 5.53. The van der Waals surface area contributed by atoms with Crippen molar-refractivity contribution in [1.29, 1.82) is 0 Å². The molecule has 1 unspecified atom stereocenters. The first-order chi connectivity index (χ1) is 9.43. The van der Waals surface area contributed by atoms with E-state index in [1.165, 1.54) is 0 Å². The molecule has 5 nitrogen and oxygen atoms in total. The molecule has 1 aliphatic rings. The first-order valence-electron chi connectivity index (χ1n) is 6.95. The molecule has 1 aliphatic heterocycles. The standard InChI is InChI=1S/C15H22N2O3/c1-4-10(9-16)7-14(18)17-11-5-6-12-13(8-11)20-15(2,3)19-12/h5-6,8,10H,4,7,9,16H2,1-3H3,(H,17,18). The molecule has 0 aromatic heterocycles. The van der Waals surface area contributed by atoms with Crippen LogP contribution in [0.4, 0.5) is 5.69 Å². The molecule has 110 valence electrons. The Morgan fingerprint density at radius 2 is 2.05 bits per heavy atom. The number of nitrogens with two attached hydrogens (primary N) is 1. The predicted octanol–water partition coefficient (Wildman–Crippen LogP) is 2.51. The van der Waals surface area contributed by atoms with Crippen LogP contribution in [-0.4, -0.2) is 18.2 Å². The summed E-state index contributed by atoms with van der Waals surface area (Å²) in [6.07, 6.45) is 1.34. The van der Waals surface area contributed by atoms with Crippen LogP contribution in [0.3, 0.4) is 0 Å². The van der Waals surface area contributed by atoms with Crippen molar-refractivity contribution in [2.45, 2.75) is 39.4 Å². The van der Waals surface area contributed by atoms with E-state index in [1.807, 2.05) is 26.8 Å². The molecule has 5 heteroatoms. The van der Waals surface area contributed by atoms with Crippen molar-refractivity contribution in [3.8, 4) is 11.5 Å². The monoisotopic (exact) mass is 278 g/mol. The van der Waals surface area contributed by atoms with Crippen LogP contribution < -0.4 is 20.5 Å². The van der Waals surface area contributed by atoms with Gasteiger partial charge in [-0.15, -0.1) is 0 Å². The highest BCUT2D eigenvalue weighted by Crippen LogP contribution is 2.40. The summed E-state index contributed by atoms with van der Waals surface area (Å²) in [4.78, 5) is 11.9. The average Bonchev–Trinajstić information content (AvgIpc) is 2.69. The zero-order chi connectivity index (χ0) is 14.8. The van der Waals surface area contributed by atoms with E-state index < -0.39 is 5.79 Å². The number of amides is 1. The van der Waals surface area contributed by atoms with E-state index in [4.69, 9.17) is 15.2 Å². The van der Waals surface area contributed by atoms with Crippen LogP contribution >= 0.6 is 0 Å². The summed E-state index contributed by atoms with van der Waals surface area (Å²) in [6, 6.07) is 5.40. The van der Waals surface area contributed by atoms with Crippen LogP contribution in [0, 0.1) is 5.92 Å². The van der Waals surface area contributed by atoms with Gasteiger partial charge in [0, 0.05) is 32.0 Å². The second kappa shape index (κ2) is 5.71. The lowest BCUT2D eigenvalue weighted by molar-refractivity contribution is -0.117. The van der Waals surface area contributed by atoms with E-state index in [0.717, 1.165) is 6.42 Å². The Balaban J connectivity index is 2.00. The fraction of sp³-hybridized carbons (Fsp3) is 0.533. The van der Waals surface area contributed by atoms with Gasteiger partial charge in [-0.05, 0) is 24.6 Å². The van der Waals surface area contributed by atoms with E-state index in [0.29, 0.717) is 30.2 Å². The third kappa shape index (κ3) is 3.42. The van der Waals surface area contributed by atoms with E-state index in [-0.39, 0.29) is 11.8 Å². The number of anilines is 1. The molecular weight excluding hydrogens is 256 g/mol. The van der Waals surface area contributed by atoms with E-state index in [2.05, 4.69) is 5.32 Å². The second-order valence-corrected chi connectivity index (χ2v) is 5.53. The number of nitrogens with one attached hydrogen (secondary N) is 1. The van der Waals surface area contributed by atoms with Gasteiger partial charge < -0.3 is 20.5 Å². The smallest absolute Gasteiger partial charge is 0.246 e. The van der Waals surface area contributed by atoms with Crippen molar-refractivity contribution in [1.82, 2.24) is 0 Å². The van der Waals surface area contributed by atoms with Gasteiger partial charge in [0.2, 0.25) is 11.7 Å². The number of fused-ring (bicyclic) bond motifs is 1. The van der Waals surface area contributed by atoms with Gasteiger partial charge in [-0.25, -0.2) is 0 Å². The van der Waals surface area contributed by atoms with Crippen LogP contribution in [0.2, 0.25) is 0 Å². The molecule has 0 bridgehead atoms. The molecule has 1 atom stereocenters. The molecule has 1 aromatic rings. The Kier molecular flexibility index (Phi) is 4.18. The van der Waals surface area contributed by atoms with Crippen molar-refractivity contribution >= 4 is 11.6 Å². The Morgan fingerprint density at radius 1 is 1.35 bits per heavy atom. The molecule has 1 amide bonds. The zero-order valence-corrected chi connectivity index (χ0v) is 12.2. The summed E-state index contributed by atoms with van der Waals surface area (Å²) in [6.45, 7) is 6.25. The van der Waals surface area contributed by atoms with Gasteiger partial charge in [0.1, 0.15) is 0 Å². The number of rotatable bonds is 5. The third-order valence-electron chi connectivity index (χ3n) is 3.32. The van der Waals surface area contributed by atoms with Gasteiger partial charge in [-0.1, -0.05) is 13.3 Å². The summed E-state index contributed by atoms with van der Waals surface area (Å²) < 4.78 is 11.2. The maximum Gasteiger partial charge on any atom is 0.246 e. The first kappa shape index (κ1) is 14.7. The maximum atomic E-state index is 11.9. The van der Waals surface area contributed by atoms with Crippen molar-refractivity contribution in [3.05, 3.63) is 18.2 Å². The van der Waals surface area contributed by atoms with Crippen molar-refractivity contribution in [2.75, 3.05) is 11.9 Å². The van der Waals surface area contributed by atoms with Gasteiger partial charge in [0.05, 0.1) is 0 Å². The van der Waals surface area contributed by atoms with Crippen molar-refractivity contribution in [3.63, 3.8) is 0 Å². The number of hydrogen-bond donors (Lipinski definition) is 2. The number of benzene rings is 1. The Morgan fingerprint density at radius 3 is 2.70 bits per heavy atom.